The second-order valence-corrected chi connectivity index (χ2v) is 8.58. The number of rotatable bonds is 6. The van der Waals surface area contributed by atoms with Gasteiger partial charge in [-0.3, -0.25) is 19.2 Å². The molecule has 1 aliphatic rings. The maximum atomic E-state index is 13.0. The quantitative estimate of drug-likeness (QED) is 0.507. The van der Waals surface area contributed by atoms with Crippen molar-refractivity contribution in [2.45, 2.75) is 19.5 Å². The predicted octanol–water partition coefficient (Wildman–Crippen LogP) is 4.84. The molecule has 0 saturated heterocycles. The third kappa shape index (κ3) is 4.03. The van der Waals surface area contributed by atoms with Crippen molar-refractivity contribution in [2.24, 2.45) is 0 Å². The summed E-state index contributed by atoms with van der Waals surface area (Å²) in [5, 5.41) is 15.7. The summed E-state index contributed by atoms with van der Waals surface area (Å²) in [4.78, 5) is 26.7. The lowest BCUT2D eigenvalue weighted by Crippen LogP contribution is -2.31. The molecule has 7 nitrogen and oxygen atoms in total. The Balaban J connectivity index is 1.75. The highest BCUT2D eigenvalue weighted by Crippen LogP contribution is 2.42. The molecular formula is C23H19BrClN3O4. The SMILES string of the molecule is COc1ccc([C@H]2C(C(C)=O)=C(O)C(=O)N2c2nn(Cc3ccc(Cl)cc3)cc2Br)cc1. The van der Waals surface area contributed by atoms with E-state index >= 15 is 0 Å². The van der Waals surface area contributed by atoms with Crippen LogP contribution in [0.2, 0.25) is 5.02 Å². The summed E-state index contributed by atoms with van der Waals surface area (Å²) in [5.74, 6) is -0.718. The first-order valence-electron chi connectivity index (χ1n) is 9.69. The number of aliphatic hydroxyl groups excluding tert-OH is 1. The van der Waals surface area contributed by atoms with E-state index in [0.717, 1.165) is 5.56 Å². The van der Waals surface area contributed by atoms with Gasteiger partial charge in [-0.15, -0.1) is 0 Å². The van der Waals surface area contributed by atoms with Gasteiger partial charge in [-0.1, -0.05) is 35.9 Å². The van der Waals surface area contributed by atoms with Gasteiger partial charge in [0.15, 0.2) is 17.4 Å². The molecule has 0 aliphatic carbocycles. The number of carbonyl (C=O) groups excluding carboxylic acids is 2. The van der Waals surface area contributed by atoms with Crippen molar-refractivity contribution in [1.29, 1.82) is 0 Å². The molecule has 0 spiro atoms. The van der Waals surface area contributed by atoms with Crippen LogP contribution in [0.15, 0.2) is 70.5 Å². The van der Waals surface area contributed by atoms with Crippen LogP contribution in [-0.2, 0) is 16.1 Å². The van der Waals surface area contributed by atoms with E-state index in [4.69, 9.17) is 16.3 Å². The maximum absolute atomic E-state index is 13.0. The molecule has 0 fully saturated rings. The van der Waals surface area contributed by atoms with Gasteiger partial charge >= 0.3 is 0 Å². The zero-order valence-corrected chi connectivity index (χ0v) is 19.6. The molecule has 2 heterocycles. The highest BCUT2D eigenvalue weighted by atomic mass is 79.9. The molecule has 2 aromatic carbocycles. The minimum atomic E-state index is -0.818. The Morgan fingerprint density at radius 3 is 2.44 bits per heavy atom. The van der Waals surface area contributed by atoms with Gasteiger partial charge in [-0.2, -0.15) is 5.10 Å². The second-order valence-electron chi connectivity index (χ2n) is 7.29. The Bertz CT molecular complexity index is 1220. The number of anilines is 1. The third-order valence-corrected chi connectivity index (χ3v) is 6.02. The normalized spacial score (nSPS) is 16.1. The molecule has 0 radical (unpaired) electrons. The van der Waals surface area contributed by atoms with Gasteiger partial charge in [0, 0.05) is 11.2 Å². The molecule has 1 amide bonds. The zero-order valence-electron chi connectivity index (χ0n) is 17.3. The van der Waals surface area contributed by atoms with Crippen molar-refractivity contribution in [3.8, 4) is 5.75 Å². The number of carbonyl (C=O) groups is 2. The first-order valence-corrected chi connectivity index (χ1v) is 10.9. The number of Topliss-reactive ketones (excluding diaryl/α,β-unsaturated/α-hetero) is 1. The van der Waals surface area contributed by atoms with E-state index in [2.05, 4.69) is 21.0 Å². The van der Waals surface area contributed by atoms with E-state index < -0.39 is 23.5 Å². The van der Waals surface area contributed by atoms with Crippen LogP contribution in [-0.4, -0.2) is 33.7 Å². The molecule has 32 heavy (non-hydrogen) atoms. The number of halogens is 2. The number of ketones is 1. The minimum absolute atomic E-state index is 0.0271. The Morgan fingerprint density at radius 1 is 1.19 bits per heavy atom. The number of ether oxygens (including phenoxy) is 1. The van der Waals surface area contributed by atoms with Gasteiger partial charge < -0.3 is 9.84 Å². The molecule has 0 bridgehead atoms. The topological polar surface area (TPSA) is 84.7 Å². The number of nitrogens with zero attached hydrogens (tertiary/aromatic N) is 3. The van der Waals surface area contributed by atoms with Crippen LogP contribution in [0.4, 0.5) is 5.82 Å². The Morgan fingerprint density at radius 2 is 1.84 bits per heavy atom. The predicted molar refractivity (Wildman–Crippen MR) is 124 cm³/mol. The molecule has 1 N–H and O–H groups in total. The fraction of sp³-hybridized carbons (Fsp3) is 0.174. The van der Waals surface area contributed by atoms with Gasteiger partial charge in [-0.05, 0) is 58.2 Å². The van der Waals surface area contributed by atoms with Crippen molar-refractivity contribution >= 4 is 45.0 Å². The minimum Gasteiger partial charge on any atom is -0.503 e. The maximum Gasteiger partial charge on any atom is 0.295 e. The lowest BCUT2D eigenvalue weighted by atomic mass is 9.96. The average Bonchev–Trinajstić information content (AvgIpc) is 3.26. The van der Waals surface area contributed by atoms with Crippen LogP contribution < -0.4 is 9.64 Å². The number of hydrogen-bond donors (Lipinski definition) is 1. The Labute approximate surface area is 198 Å². The van der Waals surface area contributed by atoms with Crippen molar-refractivity contribution in [3.63, 3.8) is 0 Å². The lowest BCUT2D eigenvalue weighted by molar-refractivity contribution is -0.117. The van der Waals surface area contributed by atoms with Gasteiger partial charge in [0.1, 0.15) is 5.75 Å². The highest BCUT2D eigenvalue weighted by molar-refractivity contribution is 9.10. The second kappa shape index (κ2) is 8.80. The van der Waals surface area contributed by atoms with Gasteiger partial charge in [0.25, 0.3) is 5.91 Å². The molecular weight excluding hydrogens is 498 g/mol. The fourth-order valence-electron chi connectivity index (χ4n) is 3.69. The highest BCUT2D eigenvalue weighted by Gasteiger charge is 2.45. The fourth-order valence-corrected chi connectivity index (χ4v) is 4.33. The number of hydrogen-bond acceptors (Lipinski definition) is 5. The van der Waals surface area contributed by atoms with Gasteiger partial charge in [0.2, 0.25) is 0 Å². The molecule has 3 aromatic rings. The first kappa shape index (κ1) is 22.1. The standard InChI is InChI=1S/C23H19BrClN3O4/c1-13(29)19-20(15-5-9-17(32-2)10-6-15)28(23(31)21(19)30)22-18(24)12-27(26-22)11-14-3-7-16(25)8-4-14/h3-10,12,20,30H,11H2,1-2H3/t20-/m0/s1. The monoisotopic (exact) mass is 515 g/mol. The van der Waals surface area contributed by atoms with Crippen LogP contribution in [0.5, 0.6) is 5.75 Å². The van der Waals surface area contributed by atoms with Crippen molar-refractivity contribution in [1.82, 2.24) is 9.78 Å². The Hall–Kier alpha value is -3.10. The molecule has 9 heteroatoms. The number of amides is 1. The van der Waals surface area contributed by atoms with E-state index in [1.165, 1.54) is 11.8 Å². The molecule has 1 atom stereocenters. The van der Waals surface area contributed by atoms with Gasteiger partial charge in [-0.25, -0.2) is 0 Å². The van der Waals surface area contributed by atoms with Crippen LogP contribution >= 0.6 is 27.5 Å². The Kier molecular flexibility index (Phi) is 6.08. The number of aliphatic hydroxyl groups is 1. The van der Waals surface area contributed by atoms with E-state index in [1.807, 2.05) is 12.1 Å². The molecule has 0 saturated carbocycles. The largest absolute Gasteiger partial charge is 0.503 e. The summed E-state index contributed by atoms with van der Waals surface area (Å²) < 4.78 is 7.43. The van der Waals surface area contributed by atoms with Gasteiger partial charge in [0.05, 0.1) is 29.7 Å². The van der Waals surface area contributed by atoms with Crippen LogP contribution in [0.3, 0.4) is 0 Å². The van der Waals surface area contributed by atoms with E-state index in [9.17, 15) is 14.7 Å². The number of aromatic nitrogens is 2. The lowest BCUT2D eigenvalue weighted by Gasteiger charge is -2.25. The summed E-state index contributed by atoms with van der Waals surface area (Å²) in [5.41, 5.74) is 1.65. The number of methoxy groups -OCH3 is 1. The third-order valence-electron chi connectivity index (χ3n) is 5.20. The van der Waals surface area contributed by atoms with Crippen molar-refractivity contribution < 1.29 is 19.4 Å². The summed E-state index contributed by atoms with van der Waals surface area (Å²) in [6.45, 7) is 1.77. The molecule has 1 aliphatic heterocycles. The van der Waals surface area contributed by atoms with Crippen molar-refractivity contribution in [2.75, 3.05) is 12.0 Å². The molecule has 4 rings (SSSR count). The first-order chi connectivity index (χ1) is 15.3. The van der Waals surface area contributed by atoms with Crippen LogP contribution in [0.1, 0.15) is 24.1 Å². The summed E-state index contributed by atoms with van der Waals surface area (Å²) in [6.07, 6.45) is 1.74. The van der Waals surface area contributed by atoms with E-state index in [0.29, 0.717) is 33.2 Å². The molecule has 1 aromatic heterocycles. The van der Waals surface area contributed by atoms with Crippen molar-refractivity contribution in [3.05, 3.63) is 86.7 Å². The van der Waals surface area contributed by atoms with E-state index in [1.54, 1.807) is 54.4 Å². The summed E-state index contributed by atoms with van der Waals surface area (Å²) in [7, 11) is 1.55. The number of benzene rings is 2. The summed E-state index contributed by atoms with van der Waals surface area (Å²) >= 11 is 9.43. The molecule has 164 valence electrons. The smallest absolute Gasteiger partial charge is 0.295 e. The average molecular weight is 517 g/mol. The van der Waals surface area contributed by atoms with Crippen LogP contribution in [0.25, 0.3) is 0 Å². The molecule has 0 unspecified atom stereocenters. The van der Waals surface area contributed by atoms with Crippen LogP contribution in [0, 0.1) is 0 Å². The zero-order chi connectivity index (χ0) is 23.0. The van der Waals surface area contributed by atoms with E-state index in [-0.39, 0.29) is 5.57 Å². The summed E-state index contributed by atoms with van der Waals surface area (Å²) in [6, 6.07) is 13.5.